The van der Waals surface area contributed by atoms with Crippen LogP contribution >= 0.6 is 0 Å². The van der Waals surface area contributed by atoms with Gasteiger partial charge in [0.25, 0.3) is 0 Å². The van der Waals surface area contributed by atoms with E-state index in [-0.39, 0.29) is 11.6 Å². The zero-order valence-corrected chi connectivity index (χ0v) is 19.0. The van der Waals surface area contributed by atoms with E-state index >= 15 is 0 Å². The van der Waals surface area contributed by atoms with Crippen LogP contribution in [0.4, 0.5) is 8.78 Å². The Hall–Kier alpha value is -4.08. The van der Waals surface area contributed by atoms with Gasteiger partial charge in [-0.1, -0.05) is 55.6 Å². The Balaban J connectivity index is 1.41. The zero-order valence-electron chi connectivity index (χ0n) is 19.0. The number of benzene rings is 4. The van der Waals surface area contributed by atoms with Gasteiger partial charge in [-0.05, 0) is 77.9 Å². The van der Waals surface area contributed by atoms with E-state index in [4.69, 9.17) is 4.74 Å². The van der Waals surface area contributed by atoms with E-state index in [1.54, 1.807) is 18.2 Å². The Morgan fingerprint density at radius 2 is 1.29 bits per heavy atom. The summed E-state index contributed by atoms with van der Waals surface area (Å²) < 4.78 is 33.3. The zero-order chi connectivity index (χ0) is 23.8. The van der Waals surface area contributed by atoms with Gasteiger partial charge in [0, 0.05) is 22.8 Å². The lowest BCUT2D eigenvalue weighted by atomic mass is 10.1. The smallest absolute Gasteiger partial charge is 0.142 e. The van der Waals surface area contributed by atoms with Crippen LogP contribution in [-0.4, -0.2) is 6.61 Å². The van der Waals surface area contributed by atoms with Crippen molar-refractivity contribution in [3.8, 4) is 29.4 Å². The monoisotopic (exact) mass is 450 g/mol. The van der Waals surface area contributed by atoms with Crippen LogP contribution in [0.15, 0.2) is 78.9 Å². The SMILES string of the molecule is CCCCCOc1ccc(C#Cc2ccc(C#Cc3ccc4cc(F)ccc4c3)cc2)c(F)c1. The molecule has 0 aliphatic carbocycles. The number of fused-ring (bicyclic) bond motifs is 1. The van der Waals surface area contributed by atoms with E-state index < -0.39 is 0 Å². The molecular formula is C31H24F2O. The third-order valence-electron chi connectivity index (χ3n) is 5.34. The van der Waals surface area contributed by atoms with Crippen LogP contribution in [0.1, 0.15) is 48.4 Å². The molecular weight excluding hydrogens is 426 g/mol. The summed E-state index contributed by atoms with van der Waals surface area (Å²) in [5.74, 6) is 12.0. The third kappa shape index (κ3) is 6.25. The summed E-state index contributed by atoms with van der Waals surface area (Å²) in [7, 11) is 0. The largest absolute Gasteiger partial charge is 0.493 e. The van der Waals surface area contributed by atoms with Crippen LogP contribution in [0, 0.1) is 35.3 Å². The van der Waals surface area contributed by atoms with E-state index in [1.807, 2.05) is 42.5 Å². The average molecular weight is 451 g/mol. The van der Waals surface area contributed by atoms with Crippen LogP contribution in [0.25, 0.3) is 10.8 Å². The maximum atomic E-state index is 14.4. The van der Waals surface area contributed by atoms with Gasteiger partial charge < -0.3 is 4.74 Å². The first-order valence-electron chi connectivity index (χ1n) is 11.4. The molecule has 0 bridgehead atoms. The van der Waals surface area contributed by atoms with Gasteiger partial charge in [0.1, 0.15) is 17.4 Å². The summed E-state index contributed by atoms with van der Waals surface area (Å²) >= 11 is 0. The molecule has 4 aromatic rings. The molecule has 0 amide bonds. The first-order chi connectivity index (χ1) is 16.6. The highest BCUT2D eigenvalue weighted by atomic mass is 19.1. The molecule has 0 N–H and O–H groups in total. The summed E-state index contributed by atoms with van der Waals surface area (Å²) in [4.78, 5) is 0. The van der Waals surface area contributed by atoms with Crippen molar-refractivity contribution >= 4 is 10.8 Å². The molecule has 0 radical (unpaired) electrons. The Kier molecular flexibility index (Phi) is 7.59. The molecule has 4 aromatic carbocycles. The maximum absolute atomic E-state index is 14.4. The number of hydrogen-bond acceptors (Lipinski definition) is 1. The molecule has 0 aliphatic heterocycles. The minimum atomic E-state index is -0.388. The predicted octanol–water partition coefficient (Wildman–Crippen LogP) is 7.49. The number of unbranched alkanes of at least 4 members (excludes halogenated alkanes) is 2. The summed E-state index contributed by atoms with van der Waals surface area (Å²) in [6.45, 7) is 2.72. The maximum Gasteiger partial charge on any atom is 0.142 e. The lowest BCUT2D eigenvalue weighted by Crippen LogP contribution is -1.97. The molecule has 1 nitrogen and oxygen atoms in total. The van der Waals surface area contributed by atoms with Crippen LogP contribution in [0.2, 0.25) is 0 Å². The highest BCUT2D eigenvalue weighted by Gasteiger charge is 2.02. The topological polar surface area (TPSA) is 9.23 Å². The van der Waals surface area contributed by atoms with E-state index in [0.717, 1.165) is 46.7 Å². The van der Waals surface area contributed by atoms with Gasteiger partial charge in [-0.3, -0.25) is 0 Å². The summed E-state index contributed by atoms with van der Waals surface area (Å²) in [5.41, 5.74) is 2.82. The molecule has 0 unspecified atom stereocenters. The van der Waals surface area contributed by atoms with Gasteiger partial charge in [-0.25, -0.2) is 8.78 Å². The summed E-state index contributed by atoms with van der Waals surface area (Å²) in [5, 5.41) is 1.79. The quantitative estimate of drug-likeness (QED) is 0.226. The Labute approximate surface area is 199 Å². The number of ether oxygens (including phenoxy) is 1. The highest BCUT2D eigenvalue weighted by molar-refractivity contribution is 5.84. The van der Waals surface area contributed by atoms with E-state index in [0.29, 0.717) is 17.9 Å². The fourth-order valence-corrected chi connectivity index (χ4v) is 3.44. The second-order valence-corrected chi connectivity index (χ2v) is 7.98. The number of hydrogen-bond donors (Lipinski definition) is 0. The van der Waals surface area contributed by atoms with Gasteiger partial charge in [0.05, 0.1) is 12.2 Å². The first-order valence-corrected chi connectivity index (χ1v) is 11.4. The average Bonchev–Trinajstić information content (AvgIpc) is 2.85. The second kappa shape index (κ2) is 11.2. The molecule has 0 atom stereocenters. The summed E-state index contributed by atoms with van der Waals surface area (Å²) in [6, 6.07) is 22.7. The first kappa shape index (κ1) is 23.1. The van der Waals surface area contributed by atoms with Crippen LogP contribution in [0.3, 0.4) is 0 Å². The molecule has 4 rings (SSSR count). The second-order valence-electron chi connectivity index (χ2n) is 7.98. The van der Waals surface area contributed by atoms with Gasteiger partial charge in [0.15, 0.2) is 0 Å². The van der Waals surface area contributed by atoms with E-state index in [1.165, 1.54) is 18.2 Å². The predicted molar refractivity (Wildman–Crippen MR) is 134 cm³/mol. The molecule has 0 aliphatic rings. The Bertz CT molecular complexity index is 1410. The van der Waals surface area contributed by atoms with Crippen molar-refractivity contribution in [1.29, 1.82) is 0 Å². The Morgan fingerprint density at radius 1 is 0.647 bits per heavy atom. The number of rotatable bonds is 5. The van der Waals surface area contributed by atoms with Gasteiger partial charge in [0.2, 0.25) is 0 Å². The van der Waals surface area contributed by atoms with Crippen LogP contribution < -0.4 is 4.74 Å². The van der Waals surface area contributed by atoms with Crippen molar-refractivity contribution in [2.24, 2.45) is 0 Å². The molecule has 34 heavy (non-hydrogen) atoms. The molecule has 168 valence electrons. The van der Waals surface area contributed by atoms with Crippen molar-refractivity contribution in [3.05, 3.63) is 113 Å². The van der Waals surface area contributed by atoms with Crippen molar-refractivity contribution in [2.45, 2.75) is 26.2 Å². The lowest BCUT2D eigenvalue weighted by molar-refractivity contribution is 0.305. The fraction of sp³-hybridized carbons (Fsp3) is 0.161. The Morgan fingerprint density at radius 3 is 2.03 bits per heavy atom. The third-order valence-corrected chi connectivity index (χ3v) is 5.34. The number of halogens is 2. The molecule has 0 saturated carbocycles. The van der Waals surface area contributed by atoms with Crippen LogP contribution in [-0.2, 0) is 0 Å². The standard InChI is InChI=1S/C31H24F2O/c1-2-3-4-19-34-30-18-16-26(31(33)22-30)13-11-24-7-5-23(6-8-24)9-10-25-12-14-28-21-29(32)17-15-27(28)20-25/h5-8,12,14-18,20-22H,2-4,19H2,1H3. The molecule has 0 fully saturated rings. The lowest BCUT2D eigenvalue weighted by Gasteiger charge is -2.06. The van der Waals surface area contributed by atoms with Crippen molar-refractivity contribution in [2.75, 3.05) is 6.61 Å². The highest BCUT2D eigenvalue weighted by Crippen LogP contribution is 2.18. The molecule has 0 spiro atoms. The van der Waals surface area contributed by atoms with Gasteiger partial charge >= 0.3 is 0 Å². The normalized spacial score (nSPS) is 10.2. The van der Waals surface area contributed by atoms with Crippen molar-refractivity contribution in [1.82, 2.24) is 0 Å². The van der Waals surface area contributed by atoms with E-state index in [9.17, 15) is 8.78 Å². The van der Waals surface area contributed by atoms with Gasteiger partial charge in [-0.15, -0.1) is 0 Å². The molecule has 0 aromatic heterocycles. The molecule has 0 heterocycles. The van der Waals surface area contributed by atoms with Crippen LogP contribution in [0.5, 0.6) is 5.75 Å². The van der Waals surface area contributed by atoms with Gasteiger partial charge in [-0.2, -0.15) is 0 Å². The molecule has 3 heteroatoms. The van der Waals surface area contributed by atoms with Crippen molar-refractivity contribution < 1.29 is 13.5 Å². The minimum absolute atomic E-state index is 0.249. The summed E-state index contributed by atoms with van der Waals surface area (Å²) in [6.07, 6.45) is 3.18. The fourth-order valence-electron chi connectivity index (χ4n) is 3.44. The minimum Gasteiger partial charge on any atom is -0.493 e. The molecule has 0 saturated heterocycles. The van der Waals surface area contributed by atoms with E-state index in [2.05, 4.69) is 30.6 Å². The van der Waals surface area contributed by atoms with Crippen molar-refractivity contribution in [3.63, 3.8) is 0 Å².